The van der Waals surface area contributed by atoms with Crippen LogP contribution < -0.4 is 33.7 Å². The van der Waals surface area contributed by atoms with Crippen molar-refractivity contribution in [1.29, 1.82) is 0 Å². The first kappa shape index (κ1) is 97.8. The van der Waals surface area contributed by atoms with Gasteiger partial charge in [0.05, 0.1) is 50.8 Å². The Morgan fingerprint density at radius 1 is 0.288 bits per heavy atom. The van der Waals surface area contributed by atoms with E-state index in [0.717, 1.165) is 161 Å². The van der Waals surface area contributed by atoms with E-state index >= 15 is 4.79 Å². The summed E-state index contributed by atoms with van der Waals surface area (Å²) in [6, 6.07) is 34.4. The average Bonchev–Trinajstić information content (AvgIpc) is 0.775. The van der Waals surface area contributed by atoms with Crippen molar-refractivity contribution >= 4 is 11.6 Å². The number of fused-ring (bicyclic) bond motifs is 8. The van der Waals surface area contributed by atoms with Crippen LogP contribution in [0, 0.1) is 31.1 Å². The normalized spacial score (nSPS) is 11.8. The van der Waals surface area contributed by atoms with Crippen LogP contribution in [-0.4, -0.2) is 45.5 Å². The highest BCUT2D eigenvalue weighted by Gasteiger charge is 2.25. The van der Waals surface area contributed by atoms with Gasteiger partial charge in [0.15, 0.2) is 0 Å². The van der Waals surface area contributed by atoms with E-state index in [0.29, 0.717) is 93.6 Å². The molecule has 8 bridgehead atoms. The largest absolute Gasteiger partial charge is 0.493 e. The van der Waals surface area contributed by atoms with Gasteiger partial charge in [-0.05, 0) is 109 Å². The first-order valence-corrected chi connectivity index (χ1v) is 49.1. The third-order valence-electron chi connectivity index (χ3n) is 24.1. The number of anilines is 1. The molecule has 0 spiro atoms. The molecule has 1 aliphatic rings. The van der Waals surface area contributed by atoms with Crippen molar-refractivity contribution in [2.24, 2.45) is 0 Å². The van der Waals surface area contributed by atoms with Gasteiger partial charge in [0, 0.05) is 65.8 Å². The van der Waals surface area contributed by atoms with E-state index in [1.54, 1.807) is 0 Å². The summed E-state index contributed by atoms with van der Waals surface area (Å²) in [7, 11) is 0. The molecule has 8 heteroatoms. The second kappa shape index (κ2) is 62.8. The Morgan fingerprint density at radius 2 is 0.534 bits per heavy atom. The van der Waals surface area contributed by atoms with Gasteiger partial charge in [0.1, 0.15) is 34.5 Å². The van der Waals surface area contributed by atoms with Crippen LogP contribution in [0.5, 0.6) is 34.5 Å². The molecule has 6 aromatic rings. The molecule has 1 amide bonds. The SMILES string of the molecule is C#Cc1cc(OCCCCCCCCCCCCCCCC)c(C#Cc2cc(C(=O)Nc3cc4c(OCCCCCCCC)c(c3)Cc3cccc(c3OCCCCCCCC)Cc3cccc(c3OCCCCCCCC)Cc3cccc(c3OCCCCCCCC)C4)ccc2C)cc1OCCCCCCCCCCCCCCCC. The van der Waals surface area contributed by atoms with E-state index in [2.05, 4.69) is 138 Å². The second-order valence-corrected chi connectivity index (χ2v) is 34.6. The van der Waals surface area contributed by atoms with Gasteiger partial charge in [-0.3, -0.25) is 4.79 Å². The highest BCUT2D eigenvalue weighted by Crippen LogP contribution is 2.42. The molecular weight excluding hydrogens is 1450 g/mol. The van der Waals surface area contributed by atoms with Crippen LogP contribution in [0.4, 0.5) is 5.69 Å². The lowest BCUT2D eigenvalue weighted by Gasteiger charge is -2.23. The van der Waals surface area contributed by atoms with E-state index in [9.17, 15) is 0 Å². The number of carbonyl (C=O) groups is 1. The van der Waals surface area contributed by atoms with Gasteiger partial charge in [-0.25, -0.2) is 0 Å². The summed E-state index contributed by atoms with van der Waals surface area (Å²) in [6.07, 6.45) is 73.2. The van der Waals surface area contributed by atoms with Crippen LogP contribution in [0.3, 0.4) is 0 Å². The predicted octanol–water partition coefficient (Wildman–Crippen LogP) is 32.0. The molecule has 0 aromatic heterocycles. The van der Waals surface area contributed by atoms with E-state index < -0.39 is 0 Å². The number of benzene rings is 6. The number of ether oxygens (including phenoxy) is 6. The Kier molecular flexibility index (Phi) is 52.0. The van der Waals surface area contributed by atoms with Crippen LogP contribution in [0.15, 0.2) is 97.1 Å². The Bertz CT molecular complexity index is 3670. The minimum Gasteiger partial charge on any atom is -0.493 e. The summed E-state index contributed by atoms with van der Waals surface area (Å²) in [6.45, 7) is 19.4. The Labute approximate surface area is 721 Å². The van der Waals surface area contributed by atoms with E-state index in [1.807, 2.05) is 30.3 Å². The number of carbonyl (C=O) groups excluding carboxylic acids is 1. The summed E-state index contributed by atoms with van der Waals surface area (Å²) in [4.78, 5) is 15.4. The number of amides is 1. The van der Waals surface area contributed by atoms with Gasteiger partial charge in [-0.15, -0.1) is 6.42 Å². The number of nitrogens with one attached hydrogen (secondary N) is 1. The number of unbranched alkanes of at least 4 members (excludes halogenated alkanes) is 46. The first-order chi connectivity index (χ1) is 58.2. The maximum atomic E-state index is 15.4. The van der Waals surface area contributed by atoms with Crippen molar-refractivity contribution in [2.75, 3.05) is 45.0 Å². The fraction of sp³-hybridized carbons (Fsp3) is 0.627. The molecule has 1 aliphatic carbocycles. The van der Waals surface area contributed by atoms with Crippen molar-refractivity contribution < 1.29 is 33.2 Å². The molecule has 0 unspecified atom stereocenters. The van der Waals surface area contributed by atoms with E-state index in [4.69, 9.17) is 34.8 Å². The second-order valence-electron chi connectivity index (χ2n) is 34.6. The van der Waals surface area contributed by atoms with Crippen molar-refractivity contribution in [2.45, 2.75) is 408 Å². The number of para-hydroxylation sites is 3. The topological polar surface area (TPSA) is 84.5 Å². The lowest BCUT2D eigenvalue weighted by Crippen LogP contribution is -2.14. The van der Waals surface area contributed by atoms with Crippen LogP contribution in [0.1, 0.15) is 453 Å². The van der Waals surface area contributed by atoms with Gasteiger partial charge in [-0.2, -0.15) is 0 Å². The number of hydrogen-bond acceptors (Lipinski definition) is 7. The van der Waals surface area contributed by atoms with Crippen LogP contribution in [-0.2, 0) is 25.7 Å². The first-order valence-electron chi connectivity index (χ1n) is 49.1. The minimum absolute atomic E-state index is 0.219. The summed E-state index contributed by atoms with van der Waals surface area (Å²) in [5, 5.41) is 3.49. The summed E-state index contributed by atoms with van der Waals surface area (Å²) in [5.74, 6) is 14.8. The lowest BCUT2D eigenvalue weighted by atomic mass is 9.91. The molecule has 0 radical (unpaired) electrons. The minimum atomic E-state index is -0.219. The van der Waals surface area contributed by atoms with Crippen molar-refractivity contribution in [3.63, 3.8) is 0 Å². The van der Waals surface area contributed by atoms with Crippen LogP contribution in [0.25, 0.3) is 0 Å². The Morgan fingerprint density at radius 3 is 0.831 bits per heavy atom. The molecule has 7 rings (SSSR count). The van der Waals surface area contributed by atoms with Crippen molar-refractivity contribution in [3.8, 4) is 58.7 Å². The predicted molar refractivity (Wildman–Crippen MR) is 504 cm³/mol. The van der Waals surface area contributed by atoms with E-state index in [-0.39, 0.29) is 5.91 Å². The van der Waals surface area contributed by atoms with Gasteiger partial charge < -0.3 is 33.7 Å². The molecule has 118 heavy (non-hydrogen) atoms. The molecule has 0 atom stereocenters. The highest BCUT2D eigenvalue weighted by atomic mass is 16.5. The number of terminal acetylenes is 1. The average molecular weight is 1610 g/mol. The van der Waals surface area contributed by atoms with E-state index in [1.165, 1.54) is 257 Å². The third kappa shape index (κ3) is 38.6. The molecule has 1 N–H and O–H groups in total. The summed E-state index contributed by atoms with van der Waals surface area (Å²) >= 11 is 0. The standard InChI is InChI=1S/C110H163NO7/c1-9-16-22-28-34-36-38-40-42-44-46-48-54-56-75-113-104-89-93(105(88-91(104)15-7)114-76-57-55-49-47-45-43-41-39-37-35-29-23-17-10-2)74-73-92-81-100(72-71-90(92)8)110(112)111-103-86-101-84-98-69-63-67-96(107(98)116-78-59-51-31-25-19-12-4)82-94-65-62-66-95(106(94)115-77-58-50-30-24-18-11-3)83-97-68-64-70-99(108(97)117-79-60-52-32-26-20-13-5)85-102(87-103)109(101)118-80-61-53-33-27-21-14-6/h7,62-72,81,86-89H,9-14,16-61,75-80,82-85H2,1-6,8H3,(H,111,112). The quantitative estimate of drug-likeness (QED) is 0.0300. The van der Waals surface area contributed by atoms with Crippen LogP contribution >= 0.6 is 0 Å². The zero-order chi connectivity index (χ0) is 83.3. The van der Waals surface area contributed by atoms with Crippen LogP contribution in [0.2, 0.25) is 0 Å². The van der Waals surface area contributed by atoms with Crippen molar-refractivity contribution in [3.05, 3.63) is 169 Å². The fourth-order valence-corrected chi connectivity index (χ4v) is 16.8. The maximum absolute atomic E-state index is 15.4. The Hall–Kier alpha value is -7.29. The molecule has 650 valence electrons. The fourth-order valence-electron chi connectivity index (χ4n) is 16.8. The number of aryl methyl sites for hydroxylation is 1. The lowest BCUT2D eigenvalue weighted by molar-refractivity contribution is 0.102. The molecule has 8 nitrogen and oxygen atoms in total. The zero-order valence-corrected chi connectivity index (χ0v) is 76.0. The molecule has 0 heterocycles. The highest BCUT2D eigenvalue weighted by molar-refractivity contribution is 6.04. The molecule has 0 aliphatic heterocycles. The summed E-state index contributed by atoms with van der Waals surface area (Å²) in [5.41, 5.74) is 13.1. The summed E-state index contributed by atoms with van der Waals surface area (Å²) < 4.78 is 42.1. The number of hydrogen-bond donors (Lipinski definition) is 1. The van der Waals surface area contributed by atoms with Crippen molar-refractivity contribution in [1.82, 2.24) is 0 Å². The van der Waals surface area contributed by atoms with Gasteiger partial charge in [0.25, 0.3) is 5.91 Å². The number of rotatable bonds is 66. The molecule has 0 saturated carbocycles. The zero-order valence-electron chi connectivity index (χ0n) is 76.0. The monoisotopic (exact) mass is 1610 g/mol. The van der Waals surface area contributed by atoms with Gasteiger partial charge in [0.2, 0.25) is 0 Å². The Balaban J connectivity index is 1.23. The van der Waals surface area contributed by atoms with Gasteiger partial charge >= 0.3 is 0 Å². The molecule has 0 saturated heterocycles. The smallest absolute Gasteiger partial charge is 0.255 e. The third-order valence-corrected chi connectivity index (χ3v) is 24.1. The molecule has 6 aromatic carbocycles. The van der Waals surface area contributed by atoms with Gasteiger partial charge in [-0.1, -0.05) is 415 Å². The molecule has 0 fully saturated rings. The maximum Gasteiger partial charge on any atom is 0.255 e. The molecular formula is C110H163NO7.